The predicted octanol–water partition coefficient (Wildman–Crippen LogP) is 2.09. The molecule has 0 aliphatic heterocycles. The molecule has 1 aromatic rings. The molecule has 1 aromatic heterocycles. The third-order valence-corrected chi connectivity index (χ3v) is 3.13. The lowest BCUT2D eigenvalue weighted by atomic mass is 9.94. The summed E-state index contributed by atoms with van der Waals surface area (Å²) in [6, 6.07) is 1.49. The number of aryl methyl sites for hydroxylation is 2. The number of pyridine rings is 1. The molecule has 1 aliphatic rings. The van der Waals surface area contributed by atoms with Gasteiger partial charge in [0.1, 0.15) is 11.4 Å². The number of anilines is 1. The molecule has 18 heavy (non-hydrogen) atoms. The quantitative estimate of drug-likeness (QED) is 0.799. The fourth-order valence-corrected chi connectivity index (χ4v) is 2.15. The molecule has 0 fully saturated rings. The minimum absolute atomic E-state index is 0.206. The zero-order valence-electron chi connectivity index (χ0n) is 10.4. The van der Waals surface area contributed by atoms with Crippen molar-refractivity contribution in [1.82, 2.24) is 4.98 Å². The molecule has 1 unspecified atom stereocenters. The van der Waals surface area contributed by atoms with Crippen molar-refractivity contribution in [3.8, 4) is 12.3 Å². The van der Waals surface area contributed by atoms with Gasteiger partial charge >= 0.3 is 5.97 Å². The van der Waals surface area contributed by atoms with Gasteiger partial charge < -0.3 is 10.4 Å². The van der Waals surface area contributed by atoms with Crippen LogP contribution in [0.25, 0.3) is 0 Å². The molecule has 1 aliphatic carbocycles. The van der Waals surface area contributed by atoms with E-state index in [2.05, 4.69) is 16.2 Å². The van der Waals surface area contributed by atoms with E-state index in [1.165, 1.54) is 0 Å². The van der Waals surface area contributed by atoms with Crippen molar-refractivity contribution < 1.29 is 9.90 Å². The molecule has 0 saturated heterocycles. The van der Waals surface area contributed by atoms with Gasteiger partial charge in [-0.05, 0) is 44.2 Å². The van der Waals surface area contributed by atoms with E-state index in [-0.39, 0.29) is 11.6 Å². The summed E-state index contributed by atoms with van der Waals surface area (Å²) in [4.78, 5) is 15.7. The van der Waals surface area contributed by atoms with Crippen LogP contribution in [-0.4, -0.2) is 22.1 Å². The first-order valence-corrected chi connectivity index (χ1v) is 6.10. The summed E-state index contributed by atoms with van der Waals surface area (Å²) in [5.74, 6) is 1.93. The lowest BCUT2D eigenvalue weighted by molar-refractivity contribution is 0.0697. The van der Waals surface area contributed by atoms with Gasteiger partial charge in [-0.25, -0.2) is 9.78 Å². The van der Waals surface area contributed by atoms with Gasteiger partial charge in [-0.3, -0.25) is 0 Å². The smallest absolute Gasteiger partial charge is 0.339 e. The number of carbonyl (C=O) groups is 1. The topological polar surface area (TPSA) is 62.2 Å². The monoisotopic (exact) mass is 244 g/mol. The van der Waals surface area contributed by atoms with Gasteiger partial charge in [-0.1, -0.05) is 5.92 Å². The van der Waals surface area contributed by atoms with Gasteiger partial charge in [0.15, 0.2) is 0 Å². The summed E-state index contributed by atoms with van der Waals surface area (Å²) in [6.45, 7) is 1.80. The van der Waals surface area contributed by atoms with Crippen LogP contribution in [0, 0.1) is 12.3 Å². The maximum absolute atomic E-state index is 11.2. The van der Waals surface area contributed by atoms with Gasteiger partial charge in [0.2, 0.25) is 0 Å². The highest BCUT2D eigenvalue weighted by Crippen LogP contribution is 2.25. The maximum atomic E-state index is 11.2. The zero-order valence-corrected chi connectivity index (χ0v) is 10.4. The number of terminal acetylenes is 1. The Bertz CT molecular complexity index is 517. The fourth-order valence-electron chi connectivity index (χ4n) is 2.15. The minimum Gasteiger partial charge on any atom is -0.478 e. The Hall–Kier alpha value is -2.02. The normalized spacial score (nSPS) is 15.3. The fraction of sp³-hybridized carbons (Fsp3) is 0.429. The Labute approximate surface area is 106 Å². The third kappa shape index (κ3) is 2.45. The van der Waals surface area contributed by atoms with Gasteiger partial charge in [0, 0.05) is 5.69 Å². The standard InChI is InChI=1S/C14H16N2O2/c1-3-9(2)15-13-11(14(17)18)8-10-6-4-5-7-12(10)16-13/h1,8-9H,4-7H2,2H3,(H,15,16)(H,17,18). The van der Waals surface area contributed by atoms with Crippen molar-refractivity contribution in [2.75, 3.05) is 5.32 Å². The molecule has 1 heterocycles. The van der Waals surface area contributed by atoms with Crippen LogP contribution in [0.15, 0.2) is 6.07 Å². The molecule has 0 bridgehead atoms. The van der Waals surface area contributed by atoms with Crippen LogP contribution >= 0.6 is 0 Å². The highest BCUT2D eigenvalue weighted by molar-refractivity contribution is 5.93. The van der Waals surface area contributed by atoms with Crippen LogP contribution in [0.5, 0.6) is 0 Å². The molecule has 1 atom stereocenters. The van der Waals surface area contributed by atoms with Crippen LogP contribution in [0.2, 0.25) is 0 Å². The SMILES string of the molecule is C#CC(C)Nc1nc2c(cc1C(=O)O)CCCC2. The summed E-state index contributed by atoms with van der Waals surface area (Å²) in [6.07, 6.45) is 9.32. The number of aromatic carboxylic acids is 1. The Morgan fingerprint density at radius 1 is 1.56 bits per heavy atom. The largest absolute Gasteiger partial charge is 0.478 e. The number of hydrogen-bond acceptors (Lipinski definition) is 3. The van der Waals surface area contributed by atoms with Crippen molar-refractivity contribution in [1.29, 1.82) is 0 Å². The number of nitrogens with zero attached hydrogens (tertiary/aromatic N) is 1. The van der Waals surface area contributed by atoms with Crippen molar-refractivity contribution >= 4 is 11.8 Å². The molecule has 0 radical (unpaired) electrons. The highest BCUT2D eigenvalue weighted by atomic mass is 16.4. The van der Waals surface area contributed by atoms with Crippen molar-refractivity contribution in [3.63, 3.8) is 0 Å². The van der Waals surface area contributed by atoms with E-state index in [0.29, 0.717) is 5.82 Å². The number of carboxylic acid groups (broad SMARTS) is 1. The molecule has 2 rings (SSSR count). The minimum atomic E-state index is -0.970. The van der Waals surface area contributed by atoms with Crippen LogP contribution in [0.1, 0.15) is 41.4 Å². The Balaban J connectivity index is 2.43. The Morgan fingerprint density at radius 2 is 2.28 bits per heavy atom. The van der Waals surface area contributed by atoms with E-state index < -0.39 is 5.97 Å². The molecular formula is C14H16N2O2. The molecule has 4 heteroatoms. The van der Waals surface area contributed by atoms with Gasteiger partial charge in [-0.15, -0.1) is 6.42 Å². The molecule has 0 aromatic carbocycles. The molecular weight excluding hydrogens is 228 g/mol. The number of hydrogen-bond donors (Lipinski definition) is 2. The second-order valence-corrected chi connectivity index (χ2v) is 4.54. The highest BCUT2D eigenvalue weighted by Gasteiger charge is 2.19. The van der Waals surface area contributed by atoms with Crippen molar-refractivity contribution in [3.05, 3.63) is 22.9 Å². The van der Waals surface area contributed by atoms with E-state index in [1.54, 1.807) is 13.0 Å². The number of nitrogens with one attached hydrogen (secondary N) is 1. The average Bonchev–Trinajstić information content (AvgIpc) is 2.37. The molecule has 0 amide bonds. The number of fused-ring (bicyclic) bond motifs is 1. The molecule has 0 saturated carbocycles. The van der Waals surface area contributed by atoms with Gasteiger partial charge in [0.05, 0.1) is 6.04 Å². The van der Waals surface area contributed by atoms with Crippen molar-refractivity contribution in [2.24, 2.45) is 0 Å². The van der Waals surface area contributed by atoms with Crippen molar-refractivity contribution in [2.45, 2.75) is 38.6 Å². The predicted molar refractivity (Wildman–Crippen MR) is 69.8 cm³/mol. The first kappa shape index (κ1) is 12.4. The first-order valence-electron chi connectivity index (χ1n) is 6.10. The summed E-state index contributed by atoms with van der Waals surface area (Å²) < 4.78 is 0. The van der Waals surface area contributed by atoms with Crippen LogP contribution < -0.4 is 5.32 Å². The summed E-state index contributed by atoms with van der Waals surface area (Å²) in [7, 11) is 0. The lowest BCUT2D eigenvalue weighted by Gasteiger charge is -2.19. The number of aromatic nitrogens is 1. The van der Waals surface area contributed by atoms with E-state index in [9.17, 15) is 9.90 Å². The van der Waals surface area contributed by atoms with E-state index in [0.717, 1.165) is 36.9 Å². The summed E-state index contributed by atoms with van der Waals surface area (Å²) >= 11 is 0. The van der Waals surface area contributed by atoms with E-state index in [4.69, 9.17) is 6.42 Å². The molecule has 2 N–H and O–H groups in total. The van der Waals surface area contributed by atoms with Crippen LogP contribution in [0.4, 0.5) is 5.82 Å². The molecule has 94 valence electrons. The zero-order chi connectivity index (χ0) is 13.1. The third-order valence-electron chi connectivity index (χ3n) is 3.13. The van der Waals surface area contributed by atoms with Crippen LogP contribution in [0.3, 0.4) is 0 Å². The van der Waals surface area contributed by atoms with Gasteiger partial charge in [0.25, 0.3) is 0 Å². The number of rotatable bonds is 3. The van der Waals surface area contributed by atoms with E-state index >= 15 is 0 Å². The lowest BCUT2D eigenvalue weighted by Crippen LogP contribution is -2.19. The summed E-state index contributed by atoms with van der Waals surface area (Å²) in [5, 5.41) is 12.2. The first-order chi connectivity index (χ1) is 8.61. The second-order valence-electron chi connectivity index (χ2n) is 4.54. The maximum Gasteiger partial charge on any atom is 0.339 e. The molecule has 0 spiro atoms. The van der Waals surface area contributed by atoms with Gasteiger partial charge in [-0.2, -0.15) is 0 Å². The average molecular weight is 244 g/mol. The Kier molecular flexibility index (Phi) is 3.52. The second kappa shape index (κ2) is 5.09. The number of carboxylic acids is 1. The van der Waals surface area contributed by atoms with Crippen LogP contribution in [-0.2, 0) is 12.8 Å². The van der Waals surface area contributed by atoms with E-state index in [1.807, 2.05) is 0 Å². The summed E-state index contributed by atoms with van der Waals surface area (Å²) in [5.41, 5.74) is 2.26. The molecule has 4 nitrogen and oxygen atoms in total. The Morgan fingerprint density at radius 3 is 2.94 bits per heavy atom.